The van der Waals surface area contributed by atoms with Crippen molar-refractivity contribution in [1.29, 1.82) is 0 Å². The highest BCUT2D eigenvalue weighted by atomic mass is 35.5. The quantitative estimate of drug-likeness (QED) is 0.757. The average Bonchev–Trinajstić information content (AvgIpc) is 2.28. The average molecular weight is 281 g/mol. The molecule has 1 rings (SSSR count). The van der Waals surface area contributed by atoms with E-state index in [1.807, 2.05) is 18.2 Å². The first-order chi connectivity index (χ1) is 7.67. The highest BCUT2D eigenvalue weighted by Gasteiger charge is 2.05. The number of hydrogen-bond acceptors (Lipinski definition) is 1. The van der Waals surface area contributed by atoms with Gasteiger partial charge in [0.1, 0.15) is 0 Å². The summed E-state index contributed by atoms with van der Waals surface area (Å²) in [6.45, 7) is 2.95. The lowest BCUT2D eigenvalue weighted by Gasteiger charge is -2.15. The van der Waals surface area contributed by atoms with Crippen LogP contribution in [0.2, 0.25) is 10.0 Å². The van der Waals surface area contributed by atoms with Crippen LogP contribution in [0.1, 0.15) is 25.3 Å². The van der Waals surface area contributed by atoms with Crippen LogP contribution in [0, 0.1) is 0 Å². The van der Waals surface area contributed by atoms with Crippen LogP contribution in [0.4, 0.5) is 0 Å². The zero-order valence-electron chi connectivity index (χ0n) is 9.27. The maximum atomic E-state index is 5.94. The van der Waals surface area contributed by atoms with Gasteiger partial charge in [0.15, 0.2) is 0 Å². The van der Waals surface area contributed by atoms with Gasteiger partial charge in [-0.1, -0.05) is 36.2 Å². The molecule has 0 spiro atoms. The molecule has 4 heteroatoms. The Hall–Kier alpha value is 0.0500. The Balaban J connectivity index is 2.50. The highest BCUT2D eigenvalue weighted by molar-refractivity contribution is 6.42. The zero-order valence-corrected chi connectivity index (χ0v) is 11.5. The van der Waals surface area contributed by atoms with E-state index in [2.05, 4.69) is 12.2 Å². The van der Waals surface area contributed by atoms with Crippen LogP contribution < -0.4 is 5.32 Å². The molecule has 0 saturated heterocycles. The summed E-state index contributed by atoms with van der Waals surface area (Å²) in [7, 11) is 0. The second-order valence-electron chi connectivity index (χ2n) is 3.71. The molecular weight excluding hydrogens is 264 g/mol. The lowest BCUT2D eigenvalue weighted by Crippen LogP contribution is -2.28. The van der Waals surface area contributed by atoms with E-state index < -0.39 is 0 Å². The Morgan fingerprint density at radius 2 is 2.00 bits per heavy atom. The van der Waals surface area contributed by atoms with Crippen LogP contribution in [0.3, 0.4) is 0 Å². The van der Waals surface area contributed by atoms with Gasteiger partial charge in [0.2, 0.25) is 0 Å². The van der Waals surface area contributed by atoms with Crippen LogP contribution in [-0.2, 0) is 6.54 Å². The molecule has 1 atom stereocenters. The van der Waals surface area contributed by atoms with Crippen molar-refractivity contribution in [2.75, 3.05) is 5.88 Å². The maximum absolute atomic E-state index is 5.94. The van der Waals surface area contributed by atoms with Gasteiger partial charge in [-0.15, -0.1) is 11.6 Å². The molecule has 0 aliphatic heterocycles. The van der Waals surface area contributed by atoms with E-state index in [9.17, 15) is 0 Å². The van der Waals surface area contributed by atoms with Crippen molar-refractivity contribution in [3.8, 4) is 0 Å². The summed E-state index contributed by atoms with van der Waals surface area (Å²) in [6, 6.07) is 6.16. The topological polar surface area (TPSA) is 12.0 Å². The van der Waals surface area contributed by atoms with Gasteiger partial charge in [-0.2, -0.15) is 0 Å². The van der Waals surface area contributed by atoms with Crippen LogP contribution >= 0.6 is 34.8 Å². The maximum Gasteiger partial charge on any atom is 0.0595 e. The van der Waals surface area contributed by atoms with Crippen LogP contribution in [-0.4, -0.2) is 11.9 Å². The van der Waals surface area contributed by atoms with Crippen molar-refractivity contribution in [1.82, 2.24) is 5.32 Å². The monoisotopic (exact) mass is 279 g/mol. The Labute approximate surface area is 112 Å². The van der Waals surface area contributed by atoms with Crippen molar-refractivity contribution in [3.63, 3.8) is 0 Å². The fourth-order valence-electron chi connectivity index (χ4n) is 1.49. The van der Waals surface area contributed by atoms with Gasteiger partial charge in [-0.3, -0.25) is 0 Å². The van der Waals surface area contributed by atoms with Gasteiger partial charge in [0.25, 0.3) is 0 Å². The number of benzene rings is 1. The number of nitrogens with one attached hydrogen (secondary N) is 1. The summed E-state index contributed by atoms with van der Waals surface area (Å²) >= 11 is 17.5. The van der Waals surface area contributed by atoms with E-state index in [1.165, 1.54) is 0 Å². The van der Waals surface area contributed by atoms with Gasteiger partial charge >= 0.3 is 0 Å². The van der Waals surface area contributed by atoms with Gasteiger partial charge in [-0.25, -0.2) is 0 Å². The molecule has 0 aliphatic rings. The van der Waals surface area contributed by atoms with Crippen molar-refractivity contribution in [3.05, 3.63) is 33.8 Å². The summed E-state index contributed by atoms with van der Waals surface area (Å²) in [6.07, 6.45) is 2.06. The minimum atomic E-state index is 0.465. The molecule has 0 radical (unpaired) electrons. The first-order valence-corrected chi connectivity index (χ1v) is 6.69. The third-order valence-corrected chi connectivity index (χ3v) is 3.49. The molecule has 0 aromatic heterocycles. The summed E-state index contributed by atoms with van der Waals surface area (Å²) in [4.78, 5) is 0. The number of hydrogen-bond donors (Lipinski definition) is 1. The van der Waals surface area contributed by atoms with Gasteiger partial charge in [0, 0.05) is 18.5 Å². The molecule has 0 fully saturated rings. The molecule has 0 aliphatic carbocycles. The summed E-state index contributed by atoms with van der Waals surface area (Å²) in [5, 5.41) is 4.65. The fourth-order valence-corrected chi connectivity index (χ4v) is 2.08. The Bertz CT molecular complexity index is 328. The third-order valence-electron chi connectivity index (χ3n) is 2.53. The standard InChI is InChI=1S/C12H16Cl3N/c1-2-10(5-6-13)16-8-9-3-4-11(14)12(15)7-9/h3-4,7,10,16H,2,5-6,8H2,1H3. The lowest BCUT2D eigenvalue weighted by molar-refractivity contribution is 0.486. The molecule has 0 amide bonds. The molecule has 16 heavy (non-hydrogen) atoms. The van der Waals surface area contributed by atoms with E-state index in [0.717, 1.165) is 24.9 Å². The smallest absolute Gasteiger partial charge is 0.0595 e. The summed E-state index contributed by atoms with van der Waals surface area (Å²) in [5.41, 5.74) is 1.14. The van der Waals surface area contributed by atoms with Gasteiger partial charge in [0.05, 0.1) is 10.0 Å². The van der Waals surface area contributed by atoms with Gasteiger partial charge < -0.3 is 5.32 Å². The number of rotatable bonds is 6. The molecule has 1 aromatic rings. The summed E-state index contributed by atoms with van der Waals surface area (Å²) < 4.78 is 0. The normalized spacial score (nSPS) is 12.8. The third kappa shape index (κ3) is 4.50. The second-order valence-corrected chi connectivity index (χ2v) is 4.90. The molecule has 0 heterocycles. The zero-order chi connectivity index (χ0) is 12.0. The Kier molecular flexibility index (Phi) is 6.52. The molecule has 1 N–H and O–H groups in total. The van der Waals surface area contributed by atoms with Crippen LogP contribution in [0.25, 0.3) is 0 Å². The SMILES string of the molecule is CCC(CCCl)NCc1ccc(Cl)c(Cl)c1. The first-order valence-electron chi connectivity index (χ1n) is 5.40. The fraction of sp³-hybridized carbons (Fsp3) is 0.500. The van der Waals surface area contributed by atoms with Crippen LogP contribution in [0.5, 0.6) is 0 Å². The largest absolute Gasteiger partial charge is 0.310 e. The molecule has 1 unspecified atom stereocenters. The van der Waals surface area contributed by atoms with Crippen molar-refractivity contribution < 1.29 is 0 Å². The van der Waals surface area contributed by atoms with E-state index in [0.29, 0.717) is 22.0 Å². The lowest BCUT2D eigenvalue weighted by atomic mass is 10.1. The predicted octanol–water partition coefficient (Wildman–Crippen LogP) is 4.49. The van der Waals surface area contributed by atoms with Crippen LogP contribution in [0.15, 0.2) is 18.2 Å². The van der Waals surface area contributed by atoms with E-state index >= 15 is 0 Å². The highest BCUT2D eigenvalue weighted by Crippen LogP contribution is 2.22. The molecule has 0 saturated carbocycles. The molecular formula is C12H16Cl3N. The van der Waals surface area contributed by atoms with Crippen molar-refractivity contribution in [2.24, 2.45) is 0 Å². The minimum Gasteiger partial charge on any atom is -0.310 e. The Morgan fingerprint density at radius 3 is 2.56 bits per heavy atom. The van der Waals surface area contributed by atoms with Crippen molar-refractivity contribution in [2.45, 2.75) is 32.4 Å². The van der Waals surface area contributed by atoms with E-state index in [1.54, 1.807) is 0 Å². The van der Waals surface area contributed by atoms with E-state index in [4.69, 9.17) is 34.8 Å². The molecule has 0 bridgehead atoms. The van der Waals surface area contributed by atoms with Gasteiger partial charge in [-0.05, 0) is 30.5 Å². The number of halogens is 3. The van der Waals surface area contributed by atoms with Crippen molar-refractivity contribution >= 4 is 34.8 Å². The first kappa shape index (κ1) is 14.1. The molecule has 1 nitrogen and oxygen atoms in total. The predicted molar refractivity (Wildman–Crippen MR) is 72.7 cm³/mol. The second kappa shape index (κ2) is 7.39. The Morgan fingerprint density at radius 1 is 1.25 bits per heavy atom. The molecule has 1 aromatic carbocycles. The molecule has 90 valence electrons. The summed E-state index contributed by atoms with van der Waals surface area (Å²) in [5.74, 6) is 0.687. The number of alkyl halides is 1. The van der Waals surface area contributed by atoms with E-state index in [-0.39, 0.29) is 0 Å². The minimum absolute atomic E-state index is 0.465.